The van der Waals surface area contributed by atoms with Gasteiger partial charge in [0.05, 0.1) is 23.4 Å². The monoisotopic (exact) mass is 437 g/mol. The number of carbonyl (C=O) groups excluding carboxylic acids is 2. The Morgan fingerprint density at radius 3 is 2.77 bits per heavy atom. The third kappa shape index (κ3) is 4.88. The van der Waals surface area contributed by atoms with E-state index in [-0.39, 0.29) is 17.7 Å². The van der Waals surface area contributed by atoms with E-state index in [0.717, 1.165) is 41.8 Å². The Labute approximate surface area is 186 Å². The third-order valence-electron chi connectivity index (χ3n) is 5.64. The molecule has 7 heteroatoms. The van der Waals surface area contributed by atoms with Gasteiger partial charge in [-0.3, -0.25) is 9.59 Å². The van der Waals surface area contributed by atoms with Crippen molar-refractivity contribution in [1.29, 1.82) is 0 Å². The molecule has 1 unspecified atom stereocenters. The number of furan rings is 1. The fourth-order valence-electron chi connectivity index (χ4n) is 3.99. The number of likely N-dealkylation sites (tertiary alicyclic amines) is 1. The molecule has 2 aromatic heterocycles. The Balaban J connectivity index is 1.41. The van der Waals surface area contributed by atoms with Crippen molar-refractivity contribution in [2.24, 2.45) is 5.92 Å². The van der Waals surface area contributed by atoms with Crippen molar-refractivity contribution in [3.63, 3.8) is 0 Å². The normalized spacial score (nSPS) is 16.3. The van der Waals surface area contributed by atoms with Gasteiger partial charge < -0.3 is 14.6 Å². The van der Waals surface area contributed by atoms with Gasteiger partial charge in [-0.15, -0.1) is 11.3 Å². The molecule has 0 saturated carbocycles. The summed E-state index contributed by atoms with van der Waals surface area (Å²) in [6.07, 6.45) is 6.68. The maximum atomic E-state index is 12.9. The first-order valence-corrected chi connectivity index (χ1v) is 11.6. The molecule has 0 radical (unpaired) electrons. The highest BCUT2D eigenvalue weighted by Gasteiger charge is 2.30. The third-order valence-corrected chi connectivity index (χ3v) is 6.53. The summed E-state index contributed by atoms with van der Waals surface area (Å²) < 4.78 is 5.01. The first-order valence-electron chi connectivity index (χ1n) is 10.7. The Morgan fingerprint density at radius 2 is 2.06 bits per heavy atom. The number of nitrogens with one attached hydrogen (secondary N) is 1. The van der Waals surface area contributed by atoms with Crippen molar-refractivity contribution in [2.75, 3.05) is 18.4 Å². The Kier molecular flexibility index (Phi) is 6.51. The lowest BCUT2D eigenvalue weighted by atomic mass is 9.97. The second-order valence-electron chi connectivity index (χ2n) is 7.96. The maximum absolute atomic E-state index is 12.9. The number of rotatable bonds is 6. The first-order chi connectivity index (χ1) is 15.0. The van der Waals surface area contributed by atoms with Crippen LogP contribution in [-0.2, 0) is 11.2 Å². The molecule has 1 fully saturated rings. The molecule has 1 N–H and O–H groups in total. The highest BCUT2D eigenvalue weighted by atomic mass is 32.1. The van der Waals surface area contributed by atoms with Gasteiger partial charge in [-0.1, -0.05) is 37.6 Å². The quantitative estimate of drug-likeness (QED) is 0.578. The van der Waals surface area contributed by atoms with Crippen LogP contribution in [-0.4, -0.2) is 34.8 Å². The molecule has 6 nitrogen and oxygen atoms in total. The molecule has 0 bridgehead atoms. The van der Waals surface area contributed by atoms with Crippen LogP contribution in [0.4, 0.5) is 5.13 Å². The predicted octanol–water partition coefficient (Wildman–Crippen LogP) is 5.15. The van der Waals surface area contributed by atoms with Crippen molar-refractivity contribution in [1.82, 2.24) is 9.88 Å². The van der Waals surface area contributed by atoms with E-state index < -0.39 is 0 Å². The number of benzene rings is 1. The molecule has 0 aliphatic carbocycles. The van der Waals surface area contributed by atoms with Gasteiger partial charge >= 0.3 is 0 Å². The van der Waals surface area contributed by atoms with Crippen molar-refractivity contribution in [3.8, 4) is 11.3 Å². The summed E-state index contributed by atoms with van der Waals surface area (Å²) in [5, 5.41) is 3.59. The lowest BCUT2D eigenvalue weighted by Gasteiger charge is -2.31. The van der Waals surface area contributed by atoms with Crippen molar-refractivity contribution < 1.29 is 14.0 Å². The van der Waals surface area contributed by atoms with Crippen LogP contribution < -0.4 is 5.32 Å². The smallest absolute Gasteiger partial charge is 0.257 e. The zero-order valence-corrected chi connectivity index (χ0v) is 18.7. The van der Waals surface area contributed by atoms with Crippen molar-refractivity contribution in [2.45, 2.75) is 39.5 Å². The largest absolute Gasteiger partial charge is 0.472 e. The van der Waals surface area contributed by atoms with Crippen LogP contribution in [0.2, 0.25) is 0 Å². The molecule has 1 aromatic carbocycles. The number of hydrogen-bond acceptors (Lipinski definition) is 5. The van der Waals surface area contributed by atoms with Gasteiger partial charge in [-0.25, -0.2) is 4.98 Å². The van der Waals surface area contributed by atoms with E-state index in [0.29, 0.717) is 23.8 Å². The van der Waals surface area contributed by atoms with Crippen molar-refractivity contribution in [3.05, 3.63) is 58.9 Å². The molecule has 2 amide bonds. The standard InChI is InChI=1S/C24H27N3O3S/c1-3-5-17-7-9-18(10-8-17)21-16(2)31-24(25-21)26-22(28)19-6-4-12-27(14-19)23(29)20-11-13-30-15-20/h7-11,13,15,19H,3-6,12,14H2,1-2H3,(H,25,26,28). The molecule has 0 spiro atoms. The van der Waals surface area contributed by atoms with E-state index in [2.05, 4.69) is 41.5 Å². The van der Waals surface area contributed by atoms with E-state index in [1.54, 1.807) is 11.0 Å². The molecule has 31 heavy (non-hydrogen) atoms. The van der Waals surface area contributed by atoms with Gasteiger partial charge in [-0.2, -0.15) is 0 Å². The molecule has 1 aliphatic rings. The molecular weight excluding hydrogens is 410 g/mol. The number of carbonyl (C=O) groups is 2. The molecule has 1 saturated heterocycles. The van der Waals surface area contributed by atoms with Crippen molar-refractivity contribution >= 4 is 28.3 Å². The summed E-state index contributed by atoms with van der Waals surface area (Å²) >= 11 is 1.49. The van der Waals surface area contributed by atoms with E-state index in [9.17, 15) is 9.59 Å². The molecule has 3 heterocycles. The van der Waals surface area contributed by atoms with E-state index in [1.807, 2.05) is 6.92 Å². The topological polar surface area (TPSA) is 75.4 Å². The Bertz CT molecular complexity index is 1040. The van der Waals surface area contributed by atoms with Crippen LogP contribution in [0.25, 0.3) is 11.3 Å². The number of thiazole rings is 1. The average molecular weight is 438 g/mol. The van der Waals surface area contributed by atoms with Crippen LogP contribution in [0.15, 0.2) is 47.3 Å². The lowest BCUT2D eigenvalue weighted by molar-refractivity contribution is -0.121. The van der Waals surface area contributed by atoms with Crippen LogP contribution >= 0.6 is 11.3 Å². The highest BCUT2D eigenvalue weighted by Crippen LogP contribution is 2.31. The summed E-state index contributed by atoms with van der Waals surface area (Å²) in [6.45, 7) is 5.26. The molecule has 162 valence electrons. The number of amides is 2. The van der Waals surface area contributed by atoms with Gasteiger partial charge in [0.15, 0.2) is 5.13 Å². The van der Waals surface area contributed by atoms with E-state index in [1.165, 1.54) is 29.4 Å². The molecule has 1 atom stereocenters. The number of nitrogens with zero attached hydrogens (tertiary/aromatic N) is 2. The van der Waals surface area contributed by atoms with Crippen LogP contribution in [0.1, 0.15) is 47.0 Å². The number of aromatic nitrogens is 1. The highest BCUT2D eigenvalue weighted by molar-refractivity contribution is 7.16. The average Bonchev–Trinajstić information content (AvgIpc) is 3.44. The van der Waals surface area contributed by atoms with Crippen LogP contribution in [0, 0.1) is 12.8 Å². The molecular formula is C24H27N3O3S. The molecule has 4 rings (SSSR count). The summed E-state index contributed by atoms with van der Waals surface area (Å²) in [5.74, 6) is -0.418. The Hall–Kier alpha value is -2.93. The predicted molar refractivity (Wildman–Crippen MR) is 122 cm³/mol. The minimum atomic E-state index is -0.245. The minimum Gasteiger partial charge on any atom is -0.472 e. The number of piperidine rings is 1. The SMILES string of the molecule is CCCc1ccc(-c2nc(NC(=O)C3CCCN(C(=O)c4ccoc4)C3)sc2C)cc1. The number of aryl methyl sites for hydroxylation is 2. The first kappa shape index (κ1) is 21.3. The van der Waals surface area contributed by atoms with Crippen LogP contribution in [0.5, 0.6) is 0 Å². The Morgan fingerprint density at radius 1 is 1.26 bits per heavy atom. The van der Waals surface area contributed by atoms with E-state index in [4.69, 9.17) is 4.42 Å². The number of hydrogen-bond donors (Lipinski definition) is 1. The minimum absolute atomic E-state index is 0.0803. The number of anilines is 1. The second-order valence-corrected chi connectivity index (χ2v) is 9.17. The van der Waals surface area contributed by atoms with Gasteiger partial charge in [0.25, 0.3) is 5.91 Å². The summed E-state index contributed by atoms with van der Waals surface area (Å²) in [5.41, 5.74) is 3.80. The van der Waals surface area contributed by atoms with E-state index >= 15 is 0 Å². The maximum Gasteiger partial charge on any atom is 0.257 e. The fraction of sp³-hybridized carbons (Fsp3) is 0.375. The summed E-state index contributed by atoms with van der Waals surface area (Å²) in [4.78, 5) is 33.0. The lowest BCUT2D eigenvalue weighted by Crippen LogP contribution is -2.43. The second kappa shape index (κ2) is 9.47. The zero-order chi connectivity index (χ0) is 21.8. The van der Waals surface area contributed by atoms with Gasteiger partial charge in [0, 0.05) is 23.5 Å². The summed E-state index contributed by atoms with van der Waals surface area (Å²) in [6, 6.07) is 10.1. The fourth-order valence-corrected chi connectivity index (χ4v) is 4.83. The summed E-state index contributed by atoms with van der Waals surface area (Å²) in [7, 11) is 0. The van der Waals surface area contributed by atoms with Gasteiger partial charge in [0.2, 0.25) is 5.91 Å². The van der Waals surface area contributed by atoms with Crippen LogP contribution in [0.3, 0.4) is 0 Å². The molecule has 3 aromatic rings. The zero-order valence-electron chi connectivity index (χ0n) is 17.9. The van der Waals surface area contributed by atoms with Gasteiger partial charge in [-0.05, 0) is 37.8 Å². The van der Waals surface area contributed by atoms with Gasteiger partial charge in [0.1, 0.15) is 6.26 Å². The molecule has 1 aliphatic heterocycles.